The molecule has 5 heteroatoms. The molecule has 0 spiro atoms. The largest absolute Gasteiger partial charge is 0.321 e. The number of carbonyl (C=O) groups is 1. The summed E-state index contributed by atoms with van der Waals surface area (Å²) in [6, 6.07) is -0.552. The Labute approximate surface area is 70.0 Å². The van der Waals surface area contributed by atoms with E-state index in [-0.39, 0.29) is 11.5 Å². The molecule has 64 valence electrons. The van der Waals surface area contributed by atoms with Crippen LogP contribution in [0.1, 0.15) is 23.2 Å². The van der Waals surface area contributed by atoms with Crippen molar-refractivity contribution in [2.45, 2.75) is 19.9 Å². The fraction of sp³-hybridized carbons (Fsp3) is 0.429. The molecule has 0 amide bonds. The number of aryl methyl sites for hydroxylation is 1. The molecular weight excluding hydrogens is 156 g/mol. The summed E-state index contributed by atoms with van der Waals surface area (Å²) in [5.41, 5.74) is 5.58. The maximum atomic E-state index is 11.2. The van der Waals surface area contributed by atoms with Crippen LogP contribution in [0.4, 0.5) is 0 Å². The van der Waals surface area contributed by atoms with Gasteiger partial charge in [-0.15, -0.1) is 10.2 Å². The van der Waals surface area contributed by atoms with E-state index in [1.807, 2.05) is 0 Å². The highest BCUT2D eigenvalue weighted by Crippen LogP contribution is 1.95. The van der Waals surface area contributed by atoms with Crippen LogP contribution in [-0.2, 0) is 0 Å². The number of ketones is 1. The first kappa shape index (κ1) is 8.73. The van der Waals surface area contributed by atoms with E-state index in [4.69, 9.17) is 5.73 Å². The summed E-state index contributed by atoms with van der Waals surface area (Å²) in [7, 11) is 0. The fourth-order valence-corrected chi connectivity index (χ4v) is 0.679. The number of hydrogen-bond donors (Lipinski definition) is 1. The molecule has 0 aromatic carbocycles. The standard InChI is InChI=1S/C7H10N4O/c1-4(8)7(12)6-3-9-5(2)10-11-6/h3-4H,8H2,1-2H3. The van der Waals surface area contributed by atoms with Gasteiger partial charge < -0.3 is 5.73 Å². The maximum absolute atomic E-state index is 11.2. The Bertz CT molecular complexity index is 280. The van der Waals surface area contributed by atoms with Crippen LogP contribution in [0.2, 0.25) is 0 Å². The molecule has 0 aliphatic carbocycles. The minimum atomic E-state index is -0.552. The maximum Gasteiger partial charge on any atom is 0.200 e. The Morgan fingerprint density at radius 2 is 2.25 bits per heavy atom. The fourth-order valence-electron chi connectivity index (χ4n) is 0.679. The summed E-state index contributed by atoms with van der Waals surface area (Å²) < 4.78 is 0. The predicted octanol–water partition coefficient (Wildman–Crippen LogP) is -0.290. The molecule has 0 saturated heterocycles. The van der Waals surface area contributed by atoms with Gasteiger partial charge in [-0.3, -0.25) is 4.79 Å². The van der Waals surface area contributed by atoms with E-state index >= 15 is 0 Å². The van der Waals surface area contributed by atoms with E-state index in [0.29, 0.717) is 5.82 Å². The zero-order valence-corrected chi connectivity index (χ0v) is 6.98. The van der Waals surface area contributed by atoms with Crippen molar-refractivity contribution >= 4 is 5.78 Å². The Hall–Kier alpha value is -1.36. The van der Waals surface area contributed by atoms with Crippen molar-refractivity contribution < 1.29 is 4.79 Å². The summed E-state index contributed by atoms with van der Waals surface area (Å²) in [6.45, 7) is 3.30. The molecule has 0 aliphatic rings. The lowest BCUT2D eigenvalue weighted by Gasteiger charge is -2.00. The highest BCUT2D eigenvalue weighted by molar-refractivity contribution is 5.97. The van der Waals surface area contributed by atoms with Gasteiger partial charge in [0.25, 0.3) is 0 Å². The molecule has 2 N–H and O–H groups in total. The molecule has 1 aromatic heterocycles. The second kappa shape index (κ2) is 3.36. The third-order valence-corrected chi connectivity index (χ3v) is 1.34. The average Bonchev–Trinajstić information content (AvgIpc) is 2.04. The number of Topliss-reactive ketones (excluding diaryl/α,β-unsaturated/α-hetero) is 1. The topological polar surface area (TPSA) is 81.8 Å². The van der Waals surface area contributed by atoms with Gasteiger partial charge in [0.15, 0.2) is 0 Å². The smallest absolute Gasteiger partial charge is 0.200 e. The quantitative estimate of drug-likeness (QED) is 0.610. The SMILES string of the molecule is Cc1ncc(C(=O)C(C)N)nn1. The van der Waals surface area contributed by atoms with Crippen LogP contribution < -0.4 is 5.73 Å². The van der Waals surface area contributed by atoms with E-state index in [2.05, 4.69) is 15.2 Å². The molecule has 0 radical (unpaired) electrons. The molecule has 0 aliphatic heterocycles. The second-order valence-corrected chi connectivity index (χ2v) is 2.54. The number of nitrogens with zero attached hydrogens (tertiary/aromatic N) is 3. The minimum Gasteiger partial charge on any atom is -0.321 e. The molecule has 1 unspecified atom stereocenters. The first-order valence-corrected chi connectivity index (χ1v) is 3.57. The van der Waals surface area contributed by atoms with Gasteiger partial charge in [0.05, 0.1) is 12.2 Å². The van der Waals surface area contributed by atoms with Gasteiger partial charge in [-0.05, 0) is 13.8 Å². The molecule has 1 rings (SSSR count). The van der Waals surface area contributed by atoms with Crippen LogP contribution in [0, 0.1) is 6.92 Å². The van der Waals surface area contributed by atoms with E-state index < -0.39 is 6.04 Å². The molecule has 0 fully saturated rings. The predicted molar refractivity (Wildman–Crippen MR) is 42.5 cm³/mol. The lowest BCUT2D eigenvalue weighted by Crippen LogP contribution is -2.27. The molecule has 12 heavy (non-hydrogen) atoms. The van der Waals surface area contributed by atoms with Crippen LogP contribution in [0.5, 0.6) is 0 Å². The molecule has 1 aromatic rings. The van der Waals surface area contributed by atoms with Crippen molar-refractivity contribution in [3.63, 3.8) is 0 Å². The normalized spacial score (nSPS) is 12.6. The highest BCUT2D eigenvalue weighted by atomic mass is 16.1. The Kier molecular flexibility index (Phi) is 2.44. The van der Waals surface area contributed by atoms with Gasteiger partial charge >= 0.3 is 0 Å². The van der Waals surface area contributed by atoms with Crippen molar-refractivity contribution in [2.75, 3.05) is 0 Å². The monoisotopic (exact) mass is 166 g/mol. The van der Waals surface area contributed by atoms with Crippen molar-refractivity contribution in [1.82, 2.24) is 15.2 Å². The molecule has 0 saturated carbocycles. The summed E-state index contributed by atoms with van der Waals surface area (Å²) in [5, 5.41) is 7.30. The third kappa shape index (κ3) is 1.82. The zero-order valence-electron chi connectivity index (χ0n) is 6.98. The summed E-state index contributed by atoms with van der Waals surface area (Å²) in [4.78, 5) is 15.0. The number of aromatic nitrogens is 3. The number of hydrogen-bond acceptors (Lipinski definition) is 5. The van der Waals surface area contributed by atoms with Crippen LogP contribution in [0.3, 0.4) is 0 Å². The van der Waals surface area contributed by atoms with Gasteiger partial charge in [-0.1, -0.05) is 0 Å². The summed E-state index contributed by atoms with van der Waals surface area (Å²) in [5.74, 6) is 0.297. The lowest BCUT2D eigenvalue weighted by atomic mass is 10.2. The highest BCUT2D eigenvalue weighted by Gasteiger charge is 2.12. The number of carbonyl (C=O) groups excluding carboxylic acids is 1. The van der Waals surface area contributed by atoms with Crippen molar-refractivity contribution in [3.05, 3.63) is 17.7 Å². The van der Waals surface area contributed by atoms with Gasteiger partial charge in [0.2, 0.25) is 5.78 Å². The van der Waals surface area contributed by atoms with E-state index in [9.17, 15) is 4.79 Å². The summed E-state index contributed by atoms with van der Waals surface area (Å²) in [6.07, 6.45) is 1.38. The Morgan fingerprint density at radius 3 is 2.67 bits per heavy atom. The van der Waals surface area contributed by atoms with Gasteiger partial charge in [-0.25, -0.2) is 4.98 Å². The van der Waals surface area contributed by atoms with Crippen LogP contribution >= 0.6 is 0 Å². The summed E-state index contributed by atoms with van der Waals surface area (Å²) >= 11 is 0. The lowest BCUT2D eigenvalue weighted by molar-refractivity contribution is 0.0961. The molecule has 1 heterocycles. The van der Waals surface area contributed by atoms with Gasteiger partial charge in [0, 0.05) is 0 Å². The van der Waals surface area contributed by atoms with Crippen molar-refractivity contribution in [2.24, 2.45) is 5.73 Å². The molecule has 0 bridgehead atoms. The van der Waals surface area contributed by atoms with E-state index in [0.717, 1.165) is 0 Å². The average molecular weight is 166 g/mol. The Balaban J connectivity index is 2.90. The van der Waals surface area contributed by atoms with Crippen molar-refractivity contribution in [3.8, 4) is 0 Å². The van der Waals surface area contributed by atoms with E-state index in [1.165, 1.54) is 6.20 Å². The van der Waals surface area contributed by atoms with Crippen LogP contribution in [-0.4, -0.2) is 27.0 Å². The Morgan fingerprint density at radius 1 is 1.58 bits per heavy atom. The number of nitrogens with two attached hydrogens (primary N) is 1. The first-order chi connectivity index (χ1) is 5.61. The molecule has 1 atom stereocenters. The molecule has 5 nitrogen and oxygen atoms in total. The molecular formula is C7H10N4O. The minimum absolute atomic E-state index is 0.218. The second-order valence-electron chi connectivity index (χ2n) is 2.54. The van der Waals surface area contributed by atoms with Gasteiger partial charge in [0.1, 0.15) is 11.5 Å². The third-order valence-electron chi connectivity index (χ3n) is 1.34. The zero-order chi connectivity index (χ0) is 9.14. The van der Waals surface area contributed by atoms with Crippen LogP contribution in [0.25, 0.3) is 0 Å². The van der Waals surface area contributed by atoms with Crippen molar-refractivity contribution in [1.29, 1.82) is 0 Å². The number of rotatable bonds is 2. The van der Waals surface area contributed by atoms with Crippen LogP contribution in [0.15, 0.2) is 6.20 Å². The van der Waals surface area contributed by atoms with Gasteiger partial charge in [-0.2, -0.15) is 0 Å². The van der Waals surface area contributed by atoms with E-state index in [1.54, 1.807) is 13.8 Å². The first-order valence-electron chi connectivity index (χ1n) is 3.57.